The number of nitrogens with one attached hydrogen (secondary N) is 1. The smallest absolute Gasteiger partial charge is 0.331 e. The van der Waals surface area contributed by atoms with Crippen LogP contribution >= 0.6 is 0 Å². The number of esters is 1. The molecule has 4 heteroatoms. The van der Waals surface area contributed by atoms with Crippen molar-refractivity contribution in [3.05, 3.63) is 30.1 Å². The maximum absolute atomic E-state index is 13.0. The van der Waals surface area contributed by atoms with Gasteiger partial charge in [-0.15, -0.1) is 0 Å². The number of carbonyl (C=O) groups is 1. The number of benzene rings is 1. The number of methoxy groups -OCH3 is 1. The maximum atomic E-state index is 13.0. The van der Waals surface area contributed by atoms with Crippen LogP contribution in [0.4, 0.5) is 10.1 Å². The van der Waals surface area contributed by atoms with E-state index in [9.17, 15) is 9.18 Å². The van der Waals surface area contributed by atoms with Gasteiger partial charge in [-0.05, 0) is 48.9 Å². The summed E-state index contributed by atoms with van der Waals surface area (Å²) in [5.41, 5.74) is 0.0299. The van der Waals surface area contributed by atoms with Gasteiger partial charge in [0.2, 0.25) is 0 Å². The Bertz CT molecular complexity index is 474. The molecule has 3 unspecified atom stereocenters. The third-order valence-electron chi connectivity index (χ3n) is 4.37. The van der Waals surface area contributed by atoms with Gasteiger partial charge in [-0.3, -0.25) is 0 Å². The number of halogens is 1. The van der Waals surface area contributed by atoms with Crippen molar-refractivity contribution in [1.82, 2.24) is 0 Å². The highest BCUT2D eigenvalue weighted by molar-refractivity contribution is 5.85. The number of hydrogen-bond acceptors (Lipinski definition) is 3. The molecule has 0 aliphatic heterocycles. The summed E-state index contributed by atoms with van der Waals surface area (Å²) in [7, 11) is 1.42. The molecule has 110 valence electrons. The number of ether oxygens (including phenoxy) is 1. The van der Waals surface area contributed by atoms with Crippen LogP contribution in [0.5, 0.6) is 0 Å². The van der Waals surface area contributed by atoms with Crippen LogP contribution in [-0.2, 0) is 9.53 Å². The zero-order chi connectivity index (χ0) is 14.8. The van der Waals surface area contributed by atoms with E-state index in [-0.39, 0.29) is 17.7 Å². The van der Waals surface area contributed by atoms with Crippen molar-refractivity contribution >= 4 is 11.7 Å². The molecule has 1 saturated carbocycles. The average molecular weight is 279 g/mol. The van der Waals surface area contributed by atoms with E-state index in [1.807, 2.05) is 0 Å². The number of rotatable bonds is 3. The van der Waals surface area contributed by atoms with Crippen LogP contribution in [0.2, 0.25) is 0 Å². The van der Waals surface area contributed by atoms with E-state index < -0.39 is 5.54 Å². The second kappa shape index (κ2) is 5.81. The molecule has 0 amide bonds. The Hall–Kier alpha value is -1.58. The molecule has 20 heavy (non-hydrogen) atoms. The Morgan fingerprint density at radius 3 is 2.55 bits per heavy atom. The van der Waals surface area contributed by atoms with Gasteiger partial charge in [-0.1, -0.05) is 20.3 Å². The molecule has 0 bridgehead atoms. The predicted octanol–water partition coefficient (Wildman–Crippen LogP) is 3.61. The molecular weight excluding hydrogens is 257 g/mol. The van der Waals surface area contributed by atoms with Gasteiger partial charge in [0.05, 0.1) is 7.11 Å². The third kappa shape index (κ3) is 2.79. The van der Waals surface area contributed by atoms with Crippen molar-refractivity contribution in [2.24, 2.45) is 11.8 Å². The molecule has 1 N–H and O–H groups in total. The first-order chi connectivity index (χ1) is 9.48. The topological polar surface area (TPSA) is 38.3 Å². The summed E-state index contributed by atoms with van der Waals surface area (Å²) in [6.07, 6.45) is 2.83. The number of anilines is 1. The second-order valence-corrected chi connectivity index (χ2v) is 5.88. The molecular formula is C16H22FNO2. The molecule has 0 aromatic heterocycles. The minimum Gasteiger partial charge on any atom is -0.467 e. The van der Waals surface area contributed by atoms with Crippen molar-refractivity contribution in [1.29, 1.82) is 0 Å². The molecule has 1 aromatic carbocycles. The number of carbonyl (C=O) groups excluding carboxylic acids is 1. The van der Waals surface area contributed by atoms with Gasteiger partial charge in [0.15, 0.2) is 0 Å². The van der Waals surface area contributed by atoms with Gasteiger partial charge in [-0.25, -0.2) is 9.18 Å². The fraction of sp³-hybridized carbons (Fsp3) is 0.562. The summed E-state index contributed by atoms with van der Waals surface area (Å²) in [6, 6.07) is 6.10. The standard InChI is InChI=1S/C16H22FNO2/c1-11-4-5-12(2)16(10-11,15(19)20-3)18-14-8-6-13(17)7-9-14/h6-9,11-12,18H,4-5,10H2,1-3H3. The van der Waals surface area contributed by atoms with E-state index in [0.717, 1.165) is 24.9 Å². The monoisotopic (exact) mass is 279 g/mol. The summed E-state index contributed by atoms with van der Waals surface area (Å²) in [4.78, 5) is 12.4. The van der Waals surface area contributed by atoms with E-state index in [2.05, 4.69) is 19.2 Å². The van der Waals surface area contributed by atoms with Gasteiger partial charge >= 0.3 is 5.97 Å². The van der Waals surface area contributed by atoms with Gasteiger partial charge in [0, 0.05) is 5.69 Å². The Labute approximate surface area is 119 Å². The van der Waals surface area contributed by atoms with Gasteiger partial charge in [0.25, 0.3) is 0 Å². The highest BCUT2D eigenvalue weighted by atomic mass is 19.1. The fourth-order valence-electron chi connectivity index (χ4n) is 3.12. The maximum Gasteiger partial charge on any atom is 0.331 e. The number of hydrogen-bond donors (Lipinski definition) is 1. The van der Waals surface area contributed by atoms with Gasteiger partial charge < -0.3 is 10.1 Å². The molecule has 2 rings (SSSR count). The molecule has 3 nitrogen and oxygen atoms in total. The predicted molar refractivity (Wildman–Crippen MR) is 76.9 cm³/mol. The highest BCUT2D eigenvalue weighted by Crippen LogP contribution is 2.40. The van der Waals surface area contributed by atoms with E-state index in [1.165, 1.54) is 19.2 Å². The van der Waals surface area contributed by atoms with Crippen LogP contribution in [-0.4, -0.2) is 18.6 Å². The molecule has 1 aliphatic rings. The lowest BCUT2D eigenvalue weighted by molar-refractivity contribution is -0.150. The SMILES string of the molecule is COC(=O)C1(Nc2ccc(F)cc2)CC(C)CCC1C. The fourth-order valence-corrected chi connectivity index (χ4v) is 3.12. The van der Waals surface area contributed by atoms with Crippen molar-refractivity contribution in [2.75, 3.05) is 12.4 Å². The molecule has 0 radical (unpaired) electrons. The summed E-state index contributed by atoms with van der Waals surface area (Å²) in [5.74, 6) is 0.114. The largest absolute Gasteiger partial charge is 0.467 e. The molecule has 1 aliphatic carbocycles. The van der Waals surface area contributed by atoms with E-state index >= 15 is 0 Å². The minimum absolute atomic E-state index is 0.177. The van der Waals surface area contributed by atoms with Crippen LogP contribution in [0.3, 0.4) is 0 Å². The summed E-state index contributed by atoms with van der Waals surface area (Å²) in [5, 5.41) is 3.31. The zero-order valence-corrected chi connectivity index (χ0v) is 12.3. The first-order valence-electron chi connectivity index (χ1n) is 7.10. The van der Waals surface area contributed by atoms with Crippen LogP contribution in [0.1, 0.15) is 33.1 Å². The van der Waals surface area contributed by atoms with Crippen LogP contribution < -0.4 is 5.32 Å². The van der Waals surface area contributed by atoms with E-state index in [4.69, 9.17) is 4.74 Å². The lowest BCUT2D eigenvalue weighted by Crippen LogP contribution is -2.55. The lowest BCUT2D eigenvalue weighted by Gasteiger charge is -2.43. The summed E-state index contributed by atoms with van der Waals surface area (Å²) in [6.45, 7) is 4.22. The molecule has 0 saturated heterocycles. The van der Waals surface area contributed by atoms with Crippen molar-refractivity contribution in [2.45, 2.75) is 38.6 Å². The Morgan fingerprint density at radius 1 is 1.30 bits per heavy atom. The van der Waals surface area contributed by atoms with Crippen molar-refractivity contribution in [3.63, 3.8) is 0 Å². The van der Waals surface area contributed by atoms with Crippen LogP contribution in [0, 0.1) is 17.7 Å². The molecule has 0 heterocycles. The molecule has 0 spiro atoms. The Morgan fingerprint density at radius 2 is 1.95 bits per heavy atom. The molecule has 3 atom stereocenters. The van der Waals surface area contributed by atoms with Crippen LogP contribution in [0.25, 0.3) is 0 Å². The van der Waals surface area contributed by atoms with Crippen molar-refractivity contribution in [3.8, 4) is 0 Å². The molecule has 1 fully saturated rings. The summed E-state index contributed by atoms with van der Waals surface area (Å²) < 4.78 is 18.0. The van der Waals surface area contributed by atoms with Crippen molar-refractivity contribution < 1.29 is 13.9 Å². The Kier molecular flexibility index (Phi) is 4.31. The highest BCUT2D eigenvalue weighted by Gasteiger charge is 2.47. The van der Waals surface area contributed by atoms with Gasteiger partial charge in [0.1, 0.15) is 11.4 Å². The zero-order valence-electron chi connectivity index (χ0n) is 12.3. The molecule has 1 aromatic rings. The average Bonchev–Trinajstić information content (AvgIpc) is 2.44. The minimum atomic E-state index is -0.718. The first-order valence-corrected chi connectivity index (χ1v) is 7.10. The summed E-state index contributed by atoms with van der Waals surface area (Å²) >= 11 is 0. The quantitative estimate of drug-likeness (QED) is 0.859. The van der Waals surface area contributed by atoms with E-state index in [0.29, 0.717) is 5.92 Å². The third-order valence-corrected chi connectivity index (χ3v) is 4.37. The normalized spacial score (nSPS) is 29.8. The second-order valence-electron chi connectivity index (χ2n) is 5.88. The van der Waals surface area contributed by atoms with Crippen LogP contribution in [0.15, 0.2) is 24.3 Å². The Balaban J connectivity index is 2.31. The van der Waals surface area contributed by atoms with E-state index in [1.54, 1.807) is 12.1 Å². The van der Waals surface area contributed by atoms with Gasteiger partial charge in [-0.2, -0.15) is 0 Å². The lowest BCUT2D eigenvalue weighted by atomic mass is 9.69. The first kappa shape index (κ1) is 14.8.